The molecule has 0 radical (unpaired) electrons. The molecule has 0 atom stereocenters. The Bertz CT molecular complexity index is 1200. The van der Waals surface area contributed by atoms with E-state index in [0.717, 1.165) is 46.7 Å². The molecular weight excluding hydrogens is 418 g/mol. The molecule has 32 heavy (non-hydrogen) atoms. The highest BCUT2D eigenvalue weighted by molar-refractivity contribution is 7.14. The van der Waals surface area contributed by atoms with Crippen molar-refractivity contribution in [2.24, 2.45) is 0 Å². The maximum absolute atomic E-state index is 4.79. The van der Waals surface area contributed by atoms with E-state index in [1.54, 1.807) is 16.1 Å². The monoisotopic (exact) mass is 445 g/mol. The zero-order valence-corrected chi connectivity index (χ0v) is 19.4. The van der Waals surface area contributed by atoms with Crippen LogP contribution in [0.1, 0.15) is 44.0 Å². The minimum Gasteiger partial charge on any atom is -0.372 e. The predicted molar refractivity (Wildman–Crippen MR) is 130 cm³/mol. The van der Waals surface area contributed by atoms with Crippen molar-refractivity contribution in [2.75, 3.05) is 23.3 Å². The highest BCUT2D eigenvalue weighted by atomic mass is 32.1. The molecule has 1 aliphatic rings. The molecule has 1 aliphatic carbocycles. The lowest BCUT2D eigenvalue weighted by molar-refractivity contribution is 0.717. The van der Waals surface area contributed by atoms with E-state index in [-0.39, 0.29) is 0 Å². The lowest BCUT2D eigenvalue weighted by Crippen LogP contribution is -2.21. The van der Waals surface area contributed by atoms with Gasteiger partial charge in [0, 0.05) is 41.3 Å². The average Bonchev–Trinajstić information content (AvgIpc) is 3.36. The summed E-state index contributed by atoms with van der Waals surface area (Å²) in [4.78, 5) is 8.75. The predicted octanol–water partition coefficient (Wildman–Crippen LogP) is 5.56. The second-order valence-corrected chi connectivity index (χ2v) is 8.95. The van der Waals surface area contributed by atoms with Crippen molar-refractivity contribution in [3.05, 3.63) is 59.2 Å². The number of thiazole rings is 1. The molecule has 1 N–H and O–H groups in total. The number of nitrogens with one attached hydrogen (secondary N) is 1. The third-order valence-corrected chi connectivity index (χ3v) is 6.61. The highest BCUT2D eigenvalue weighted by Crippen LogP contribution is 2.37. The van der Waals surface area contributed by atoms with Crippen LogP contribution in [0.25, 0.3) is 16.9 Å². The van der Waals surface area contributed by atoms with E-state index in [0.29, 0.717) is 5.92 Å². The second kappa shape index (κ2) is 8.70. The largest absolute Gasteiger partial charge is 0.372 e. The van der Waals surface area contributed by atoms with E-state index < -0.39 is 0 Å². The number of hydrogen-bond acceptors (Lipinski definition) is 7. The van der Waals surface area contributed by atoms with Crippen molar-refractivity contribution in [1.29, 1.82) is 0 Å². The van der Waals surface area contributed by atoms with Crippen molar-refractivity contribution < 1.29 is 0 Å². The molecule has 0 spiro atoms. The van der Waals surface area contributed by atoms with Gasteiger partial charge in [-0.1, -0.05) is 12.1 Å². The second-order valence-electron chi connectivity index (χ2n) is 8.09. The van der Waals surface area contributed by atoms with Gasteiger partial charge in [-0.2, -0.15) is 0 Å². The Morgan fingerprint density at radius 1 is 1.09 bits per heavy atom. The summed E-state index contributed by atoms with van der Waals surface area (Å²) >= 11 is 1.61. The standard InChI is InChI=1S/C24H27N7S/c1-4-30(5-2)20-12-13-21(16(3)14-20)25-24-26-22(15-32-24)17-8-10-19(11-9-17)31-28-23(27-29-31)18-6-7-18/h8-15,18H,4-7H2,1-3H3,(H,25,26). The van der Waals surface area contributed by atoms with Gasteiger partial charge in [0.2, 0.25) is 0 Å². The summed E-state index contributed by atoms with van der Waals surface area (Å²) in [5.74, 6) is 1.35. The number of nitrogens with zero attached hydrogens (tertiary/aromatic N) is 6. The Kier molecular flexibility index (Phi) is 5.61. The van der Waals surface area contributed by atoms with Crippen LogP contribution >= 0.6 is 11.3 Å². The fourth-order valence-electron chi connectivity index (χ4n) is 3.76. The van der Waals surface area contributed by atoms with E-state index >= 15 is 0 Å². The Labute approximate surface area is 192 Å². The molecule has 164 valence electrons. The van der Waals surface area contributed by atoms with E-state index in [9.17, 15) is 0 Å². The molecule has 7 nitrogen and oxygen atoms in total. The zero-order valence-electron chi connectivity index (χ0n) is 18.6. The van der Waals surface area contributed by atoms with Crippen LogP contribution in [0.3, 0.4) is 0 Å². The van der Waals surface area contributed by atoms with Gasteiger partial charge in [-0.05, 0) is 74.7 Å². The number of aryl methyl sites for hydroxylation is 1. The zero-order chi connectivity index (χ0) is 22.1. The summed E-state index contributed by atoms with van der Waals surface area (Å²) in [6.07, 6.45) is 2.34. The van der Waals surface area contributed by atoms with Gasteiger partial charge in [-0.3, -0.25) is 0 Å². The summed E-state index contributed by atoms with van der Waals surface area (Å²) in [6, 6.07) is 14.7. The molecule has 2 heterocycles. The first-order valence-corrected chi connectivity index (χ1v) is 12.0. The minimum absolute atomic E-state index is 0.501. The van der Waals surface area contributed by atoms with Crippen molar-refractivity contribution >= 4 is 27.8 Å². The van der Waals surface area contributed by atoms with E-state index in [1.165, 1.54) is 24.1 Å². The SMILES string of the molecule is CCN(CC)c1ccc(Nc2nc(-c3ccc(-n4nnc(C5CC5)n4)cc3)cs2)c(C)c1. The lowest BCUT2D eigenvalue weighted by Gasteiger charge is -2.22. The minimum atomic E-state index is 0.501. The van der Waals surface area contributed by atoms with Crippen LogP contribution in [0, 0.1) is 6.92 Å². The first-order chi connectivity index (χ1) is 15.6. The molecule has 1 fully saturated rings. The van der Waals surface area contributed by atoms with Crippen LogP contribution in [0.2, 0.25) is 0 Å². The van der Waals surface area contributed by atoms with Gasteiger partial charge in [-0.25, -0.2) is 4.98 Å². The van der Waals surface area contributed by atoms with Crippen molar-refractivity contribution in [1.82, 2.24) is 25.2 Å². The van der Waals surface area contributed by atoms with Gasteiger partial charge in [0.05, 0.1) is 11.4 Å². The summed E-state index contributed by atoms with van der Waals surface area (Å²) in [7, 11) is 0. The van der Waals surface area contributed by atoms with Gasteiger partial charge in [-0.15, -0.1) is 26.3 Å². The van der Waals surface area contributed by atoms with Gasteiger partial charge in [0.1, 0.15) is 0 Å². The maximum Gasteiger partial charge on any atom is 0.187 e. The molecule has 0 amide bonds. The third kappa shape index (κ3) is 4.23. The number of tetrazole rings is 1. The number of anilines is 3. The van der Waals surface area contributed by atoms with Gasteiger partial charge < -0.3 is 10.2 Å². The molecule has 0 saturated heterocycles. The molecular formula is C24H27N7S. The first kappa shape index (κ1) is 20.6. The summed E-state index contributed by atoms with van der Waals surface area (Å²) in [6.45, 7) is 8.51. The molecule has 4 aromatic rings. The molecule has 5 rings (SSSR count). The molecule has 0 bridgehead atoms. The molecule has 2 aromatic carbocycles. The summed E-state index contributed by atoms with van der Waals surface area (Å²) < 4.78 is 0. The first-order valence-electron chi connectivity index (χ1n) is 11.1. The Balaban J connectivity index is 1.29. The number of rotatable bonds is 8. The summed E-state index contributed by atoms with van der Waals surface area (Å²) in [5.41, 5.74) is 6.47. The number of aromatic nitrogens is 5. The number of benzene rings is 2. The van der Waals surface area contributed by atoms with E-state index in [1.807, 2.05) is 12.1 Å². The van der Waals surface area contributed by atoms with Crippen LogP contribution in [0.4, 0.5) is 16.5 Å². The quantitative estimate of drug-likeness (QED) is 0.383. The van der Waals surface area contributed by atoms with Gasteiger partial charge in [0.25, 0.3) is 0 Å². The van der Waals surface area contributed by atoms with E-state index in [2.05, 4.69) is 82.1 Å². The molecule has 0 aliphatic heterocycles. The topological polar surface area (TPSA) is 71.8 Å². The summed E-state index contributed by atoms with van der Waals surface area (Å²) in [5, 5.41) is 19.3. The van der Waals surface area contributed by atoms with Gasteiger partial charge >= 0.3 is 0 Å². The third-order valence-electron chi connectivity index (χ3n) is 5.85. The normalized spacial score (nSPS) is 13.3. The fraction of sp³-hybridized carbons (Fsp3) is 0.333. The maximum atomic E-state index is 4.79. The van der Waals surface area contributed by atoms with E-state index in [4.69, 9.17) is 4.98 Å². The van der Waals surface area contributed by atoms with Crippen molar-refractivity contribution in [2.45, 2.75) is 39.5 Å². The van der Waals surface area contributed by atoms with Crippen molar-refractivity contribution in [3.8, 4) is 16.9 Å². The lowest BCUT2D eigenvalue weighted by atomic mass is 10.1. The van der Waals surface area contributed by atoms with Crippen LogP contribution in [-0.4, -0.2) is 38.3 Å². The Morgan fingerprint density at radius 2 is 1.88 bits per heavy atom. The van der Waals surface area contributed by atoms with Crippen LogP contribution in [0.15, 0.2) is 47.8 Å². The Morgan fingerprint density at radius 3 is 2.56 bits per heavy atom. The van der Waals surface area contributed by atoms with Crippen LogP contribution in [0.5, 0.6) is 0 Å². The highest BCUT2D eigenvalue weighted by Gasteiger charge is 2.28. The fourth-order valence-corrected chi connectivity index (χ4v) is 4.49. The Hall–Kier alpha value is -3.26. The number of hydrogen-bond donors (Lipinski definition) is 1. The molecule has 0 unspecified atom stereocenters. The smallest absolute Gasteiger partial charge is 0.187 e. The average molecular weight is 446 g/mol. The van der Waals surface area contributed by atoms with Crippen LogP contribution < -0.4 is 10.2 Å². The van der Waals surface area contributed by atoms with Gasteiger partial charge in [0.15, 0.2) is 11.0 Å². The molecule has 8 heteroatoms. The van der Waals surface area contributed by atoms with Crippen LogP contribution in [-0.2, 0) is 0 Å². The molecule has 1 saturated carbocycles. The van der Waals surface area contributed by atoms with Crippen molar-refractivity contribution in [3.63, 3.8) is 0 Å². The molecule has 2 aromatic heterocycles.